The summed E-state index contributed by atoms with van der Waals surface area (Å²) in [5.74, 6) is 5.92. The van der Waals surface area contributed by atoms with Gasteiger partial charge in [-0.05, 0) is 37.6 Å². The second-order valence-electron chi connectivity index (χ2n) is 4.56. The van der Waals surface area contributed by atoms with Crippen molar-refractivity contribution in [2.45, 2.75) is 19.9 Å². The normalized spacial score (nSPS) is 11.4. The molecule has 0 fully saturated rings. The minimum atomic E-state index is -0.338. The zero-order valence-corrected chi connectivity index (χ0v) is 11.8. The predicted molar refractivity (Wildman–Crippen MR) is 77.2 cm³/mol. The van der Waals surface area contributed by atoms with Gasteiger partial charge in [-0.25, -0.2) is 0 Å². The molecule has 0 saturated heterocycles. The molecule has 0 aliphatic heterocycles. The maximum atomic E-state index is 12.3. The summed E-state index contributed by atoms with van der Waals surface area (Å²) in [6, 6.07) is 5.09. The Morgan fingerprint density at radius 1 is 1.48 bits per heavy atom. The largest absolute Gasteiger partial charge is 0.342 e. The first-order valence-corrected chi connectivity index (χ1v) is 6.45. The highest BCUT2D eigenvalue weighted by Gasteiger charge is 2.15. The first kappa shape index (κ1) is 14.7. The number of hydrogen-bond acceptors (Lipinski definition) is 5. The van der Waals surface area contributed by atoms with Crippen LogP contribution in [-0.2, 0) is 0 Å². The topological polar surface area (TPSA) is 110 Å². The van der Waals surface area contributed by atoms with E-state index in [0.29, 0.717) is 11.4 Å². The number of tetrazole rings is 1. The number of aryl methyl sites for hydroxylation is 1. The van der Waals surface area contributed by atoms with Gasteiger partial charge in [0, 0.05) is 11.1 Å². The predicted octanol–water partition coefficient (Wildman–Crippen LogP) is 0.309. The Morgan fingerprint density at radius 2 is 2.29 bits per heavy atom. The lowest BCUT2D eigenvalue weighted by Crippen LogP contribution is -2.27. The summed E-state index contributed by atoms with van der Waals surface area (Å²) in [6.45, 7) is 3.98. The zero-order valence-electron chi connectivity index (χ0n) is 11.8. The highest BCUT2D eigenvalue weighted by atomic mass is 16.1. The number of aromatic nitrogens is 4. The van der Waals surface area contributed by atoms with E-state index in [2.05, 4.69) is 37.8 Å². The summed E-state index contributed by atoms with van der Waals surface area (Å²) >= 11 is 0. The lowest BCUT2D eigenvalue weighted by Gasteiger charge is -2.10. The summed E-state index contributed by atoms with van der Waals surface area (Å²) in [5.41, 5.74) is 7.61. The molecule has 0 radical (unpaired) electrons. The number of nitrogens with two attached hydrogens (primary N) is 1. The van der Waals surface area contributed by atoms with Crippen LogP contribution in [0.3, 0.4) is 0 Å². The maximum Gasteiger partial charge on any atom is 0.251 e. The van der Waals surface area contributed by atoms with E-state index < -0.39 is 0 Å². The van der Waals surface area contributed by atoms with Crippen LogP contribution in [0.2, 0.25) is 0 Å². The Hall–Kier alpha value is -2.72. The fourth-order valence-electron chi connectivity index (χ4n) is 1.84. The van der Waals surface area contributed by atoms with Crippen molar-refractivity contribution in [1.29, 1.82) is 0 Å². The molecule has 1 heterocycles. The Bertz CT molecular complexity index is 683. The third-order valence-electron chi connectivity index (χ3n) is 2.77. The molecule has 7 nitrogen and oxygen atoms in total. The fraction of sp³-hybridized carbons (Fsp3) is 0.286. The van der Waals surface area contributed by atoms with E-state index >= 15 is 0 Å². The van der Waals surface area contributed by atoms with Crippen molar-refractivity contribution in [2.75, 3.05) is 6.54 Å². The molecule has 0 saturated carbocycles. The van der Waals surface area contributed by atoms with Crippen molar-refractivity contribution >= 4 is 5.91 Å². The van der Waals surface area contributed by atoms with Crippen molar-refractivity contribution in [1.82, 2.24) is 25.9 Å². The number of H-pyrrole nitrogens is 1. The van der Waals surface area contributed by atoms with E-state index in [0.717, 1.165) is 11.1 Å². The molecular weight excluding hydrogens is 268 g/mol. The van der Waals surface area contributed by atoms with Crippen molar-refractivity contribution in [3.63, 3.8) is 0 Å². The van der Waals surface area contributed by atoms with Gasteiger partial charge >= 0.3 is 0 Å². The molecule has 0 aliphatic carbocycles. The van der Waals surface area contributed by atoms with Gasteiger partial charge in [0.1, 0.15) is 0 Å². The van der Waals surface area contributed by atoms with Gasteiger partial charge < -0.3 is 11.1 Å². The van der Waals surface area contributed by atoms with Crippen LogP contribution < -0.4 is 11.1 Å². The highest BCUT2D eigenvalue weighted by Crippen LogP contribution is 2.11. The summed E-state index contributed by atoms with van der Waals surface area (Å²) < 4.78 is 0. The number of benzene rings is 1. The van der Waals surface area contributed by atoms with E-state index in [-0.39, 0.29) is 18.5 Å². The van der Waals surface area contributed by atoms with Gasteiger partial charge in [0.05, 0.1) is 12.6 Å². The summed E-state index contributed by atoms with van der Waals surface area (Å²) in [6.07, 6.45) is 0. The van der Waals surface area contributed by atoms with Gasteiger partial charge in [0.25, 0.3) is 5.91 Å². The average Bonchev–Trinajstić information content (AvgIpc) is 2.98. The Kier molecular flexibility index (Phi) is 4.64. The van der Waals surface area contributed by atoms with E-state index in [9.17, 15) is 4.79 Å². The van der Waals surface area contributed by atoms with E-state index in [4.69, 9.17) is 5.73 Å². The van der Waals surface area contributed by atoms with Crippen LogP contribution in [0.25, 0.3) is 0 Å². The Morgan fingerprint density at radius 3 is 2.95 bits per heavy atom. The molecule has 21 heavy (non-hydrogen) atoms. The lowest BCUT2D eigenvalue weighted by atomic mass is 10.1. The SMILES string of the molecule is Cc1cc(C#CCN)cc(C(=O)NC(C)c2nn[nH]n2)c1. The smallest absolute Gasteiger partial charge is 0.251 e. The fourth-order valence-corrected chi connectivity index (χ4v) is 1.84. The van der Waals surface area contributed by atoms with Crippen molar-refractivity contribution < 1.29 is 4.79 Å². The molecular formula is C14H16N6O. The summed E-state index contributed by atoms with van der Waals surface area (Å²) in [7, 11) is 0. The second-order valence-corrected chi connectivity index (χ2v) is 4.56. The monoisotopic (exact) mass is 284 g/mol. The third-order valence-corrected chi connectivity index (χ3v) is 2.77. The summed E-state index contributed by atoms with van der Waals surface area (Å²) in [5, 5.41) is 16.3. The van der Waals surface area contributed by atoms with Crippen LogP contribution in [0.15, 0.2) is 18.2 Å². The molecule has 2 aromatic rings. The van der Waals surface area contributed by atoms with Crippen LogP contribution >= 0.6 is 0 Å². The van der Waals surface area contributed by atoms with Crippen LogP contribution in [0.5, 0.6) is 0 Å². The quantitative estimate of drug-likeness (QED) is 0.703. The van der Waals surface area contributed by atoms with Crippen LogP contribution in [0, 0.1) is 18.8 Å². The number of carbonyl (C=O) groups is 1. The zero-order chi connectivity index (χ0) is 15.2. The number of rotatable bonds is 3. The van der Waals surface area contributed by atoms with Gasteiger partial charge in [-0.3, -0.25) is 4.79 Å². The second kappa shape index (κ2) is 6.63. The van der Waals surface area contributed by atoms with Gasteiger partial charge in [-0.1, -0.05) is 17.1 Å². The lowest BCUT2D eigenvalue weighted by molar-refractivity contribution is 0.0938. The number of amides is 1. The highest BCUT2D eigenvalue weighted by molar-refractivity contribution is 5.95. The van der Waals surface area contributed by atoms with Gasteiger partial charge in [0.2, 0.25) is 0 Å². The molecule has 1 aromatic heterocycles. The minimum Gasteiger partial charge on any atom is -0.342 e. The number of carbonyl (C=O) groups excluding carboxylic acids is 1. The van der Waals surface area contributed by atoms with Gasteiger partial charge in [0.15, 0.2) is 5.82 Å². The minimum absolute atomic E-state index is 0.216. The molecule has 1 amide bonds. The first-order chi connectivity index (χ1) is 10.1. The Balaban J connectivity index is 2.17. The molecule has 1 aromatic carbocycles. The van der Waals surface area contributed by atoms with Crippen LogP contribution in [-0.4, -0.2) is 33.1 Å². The number of aromatic amines is 1. The average molecular weight is 284 g/mol. The molecule has 0 bridgehead atoms. The van der Waals surface area contributed by atoms with E-state index in [1.165, 1.54) is 0 Å². The molecule has 108 valence electrons. The van der Waals surface area contributed by atoms with E-state index in [1.807, 2.05) is 13.0 Å². The number of nitrogens with zero attached hydrogens (tertiary/aromatic N) is 3. The van der Waals surface area contributed by atoms with Crippen LogP contribution in [0.1, 0.15) is 40.3 Å². The maximum absolute atomic E-state index is 12.3. The van der Waals surface area contributed by atoms with Crippen molar-refractivity contribution in [3.8, 4) is 11.8 Å². The molecule has 1 atom stereocenters. The molecule has 2 rings (SSSR count). The van der Waals surface area contributed by atoms with Gasteiger partial charge in [-0.2, -0.15) is 5.21 Å². The standard InChI is InChI=1S/C14H16N6O/c1-9-6-11(4-3-5-15)8-12(7-9)14(21)16-10(2)13-17-19-20-18-13/h6-8,10H,5,15H2,1-2H3,(H,16,21)(H,17,18,19,20). The first-order valence-electron chi connectivity index (χ1n) is 6.45. The number of nitrogens with one attached hydrogen (secondary N) is 2. The van der Waals surface area contributed by atoms with Crippen molar-refractivity contribution in [3.05, 3.63) is 40.7 Å². The Labute approximate surface area is 122 Å². The van der Waals surface area contributed by atoms with Crippen molar-refractivity contribution in [2.24, 2.45) is 5.73 Å². The molecule has 0 spiro atoms. The molecule has 1 unspecified atom stereocenters. The van der Waals surface area contributed by atoms with Crippen LogP contribution in [0.4, 0.5) is 0 Å². The van der Waals surface area contributed by atoms with Gasteiger partial charge in [-0.15, -0.1) is 10.2 Å². The van der Waals surface area contributed by atoms with E-state index in [1.54, 1.807) is 19.1 Å². The molecule has 4 N–H and O–H groups in total. The summed E-state index contributed by atoms with van der Waals surface area (Å²) in [4.78, 5) is 12.3. The molecule has 7 heteroatoms. The molecule has 0 aliphatic rings. The number of hydrogen-bond donors (Lipinski definition) is 3. The third kappa shape index (κ3) is 3.87.